The van der Waals surface area contributed by atoms with Gasteiger partial charge in [0.25, 0.3) is 11.7 Å². The molecule has 0 atom stereocenters. The van der Waals surface area contributed by atoms with Crippen molar-refractivity contribution in [2.24, 2.45) is 0 Å². The van der Waals surface area contributed by atoms with Crippen LogP contribution in [0.4, 0.5) is 13.2 Å². The Labute approximate surface area is 146 Å². The van der Waals surface area contributed by atoms with Gasteiger partial charge in [-0.25, -0.2) is 0 Å². The predicted octanol–water partition coefficient (Wildman–Crippen LogP) is 2.50. The Kier molecular flexibility index (Phi) is 5.94. The lowest BCUT2D eigenvalue weighted by atomic mass is 10.1. The van der Waals surface area contributed by atoms with Crippen LogP contribution in [0.15, 0.2) is 54.9 Å². The number of hydrogen-bond acceptors (Lipinski definition) is 5. The first-order chi connectivity index (χ1) is 12.3. The van der Waals surface area contributed by atoms with Crippen LogP contribution in [0.5, 0.6) is 5.75 Å². The van der Waals surface area contributed by atoms with E-state index >= 15 is 0 Å². The van der Waals surface area contributed by atoms with Gasteiger partial charge < -0.3 is 4.74 Å². The zero-order chi connectivity index (χ0) is 19.2. The van der Waals surface area contributed by atoms with Crippen molar-refractivity contribution in [2.75, 3.05) is 7.11 Å². The minimum Gasteiger partial charge on any atom is -0.497 e. The predicted molar refractivity (Wildman–Crippen MR) is 86.9 cm³/mol. The number of alkyl halides is 3. The molecule has 2 rings (SSSR count). The van der Waals surface area contributed by atoms with Crippen molar-refractivity contribution in [3.63, 3.8) is 0 Å². The molecule has 9 heteroatoms. The minimum absolute atomic E-state index is 0.216. The lowest BCUT2D eigenvalue weighted by Gasteiger charge is -2.13. The summed E-state index contributed by atoms with van der Waals surface area (Å²) in [5.74, 6) is -2.24. The number of aromatic nitrogens is 1. The van der Waals surface area contributed by atoms with Gasteiger partial charge in [0.1, 0.15) is 5.75 Å². The second-order valence-electron chi connectivity index (χ2n) is 4.97. The van der Waals surface area contributed by atoms with Crippen molar-refractivity contribution >= 4 is 17.4 Å². The lowest BCUT2D eigenvalue weighted by molar-refractivity contribution is -0.165. The van der Waals surface area contributed by atoms with E-state index in [-0.39, 0.29) is 16.8 Å². The Morgan fingerprint density at radius 3 is 2.38 bits per heavy atom. The van der Waals surface area contributed by atoms with Crippen LogP contribution in [0.2, 0.25) is 0 Å². The highest BCUT2D eigenvalue weighted by Crippen LogP contribution is 2.19. The summed E-state index contributed by atoms with van der Waals surface area (Å²) in [5.41, 5.74) is 4.82. The molecule has 136 valence electrons. The fourth-order valence-corrected chi connectivity index (χ4v) is 1.90. The normalized spacial score (nSPS) is 11.6. The number of rotatable bonds is 6. The first kappa shape index (κ1) is 19.0. The molecule has 1 aromatic carbocycles. The van der Waals surface area contributed by atoms with E-state index in [0.29, 0.717) is 11.8 Å². The number of nitrogens with zero attached hydrogens (tertiary/aromatic N) is 1. The summed E-state index contributed by atoms with van der Waals surface area (Å²) < 4.78 is 42.6. The van der Waals surface area contributed by atoms with Gasteiger partial charge in [-0.1, -0.05) is 6.07 Å². The third kappa shape index (κ3) is 5.07. The second-order valence-corrected chi connectivity index (χ2v) is 4.97. The molecule has 1 heterocycles. The smallest absolute Gasteiger partial charge is 0.454 e. The maximum atomic E-state index is 12.5. The van der Waals surface area contributed by atoms with Crippen LogP contribution in [0, 0.1) is 0 Å². The van der Waals surface area contributed by atoms with Gasteiger partial charge >= 0.3 is 6.18 Å². The van der Waals surface area contributed by atoms with E-state index in [1.165, 1.54) is 43.8 Å². The van der Waals surface area contributed by atoms with E-state index in [1.807, 2.05) is 0 Å². The number of amides is 1. The number of halogens is 3. The molecule has 0 aliphatic carbocycles. The Morgan fingerprint density at radius 2 is 1.77 bits per heavy atom. The van der Waals surface area contributed by atoms with E-state index in [9.17, 15) is 22.8 Å². The van der Waals surface area contributed by atoms with Gasteiger partial charge in [0.05, 0.1) is 12.8 Å². The van der Waals surface area contributed by atoms with Crippen LogP contribution in [0.25, 0.3) is 5.70 Å². The molecule has 2 N–H and O–H groups in total. The molecule has 1 amide bonds. The molecule has 0 saturated heterocycles. The zero-order valence-corrected chi connectivity index (χ0v) is 13.5. The number of pyridine rings is 1. The molecule has 0 saturated carbocycles. The maximum Gasteiger partial charge on any atom is 0.454 e. The van der Waals surface area contributed by atoms with Crippen molar-refractivity contribution in [3.8, 4) is 5.75 Å². The summed E-state index contributed by atoms with van der Waals surface area (Å²) in [6.45, 7) is 0. The molecule has 1 aromatic heterocycles. The standard InChI is InChI=1S/C17H14F3N3O3/c1-26-13-4-2-3-12(9-13)16(25)23-22-14(10-15(24)17(18,19)20)11-5-7-21-8-6-11/h2-10,22H,1H3,(H,23,25)/b14-10-. The van der Waals surface area contributed by atoms with Crippen LogP contribution in [-0.4, -0.2) is 30.0 Å². The highest BCUT2D eigenvalue weighted by atomic mass is 19.4. The number of hydrazine groups is 1. The average Bonchev–Trinajstić information content (AvgIpc) is 2.64. The van der Waals surface area contributed by atoms with Gasteiger partial charge in [0.2, 0.25) is 0 Å². The van der Waals surface area contributed by atoms with E-state index in [1.54, 1.807) is 12.1 Å². The number of ketones is 1. The van der Waals surface area contributed by atoms with Crippen LogP contribution >= 0.6 is 0 Å². The second kappa shape index (κ2) is 8.15. The van der Waals surface area contributed by atoms with Crippen molar-refractivity contribution in [3.05, 3.63) is 66.0 Å². The van der Waals surface area contributed by atoms with E-state index in [0.717, 1.165) is 0 Å². The number of hydrogen-bond donors (Lipinski definition) is 2. The summed E-state index contributed by atoms with van der Waals surface area (Å²) in [4.78, 5) is 27.2. The molecular formula is C17H14F3N3O3. The van der Waals surface area contributed by atoms with E-state index < -0.39 is 17.9 Å². The summed E-state index contributed by atoms with van der Waals surface area (Å²) in [5, 5.41) is 0. The summed E-state index contributed by atoms with van der Waals surface area (Å²) in [7, 11) is 1.43. The first-order valence-electron chi connectivity index (χ1n) is 7.25. The first-order valence-corrected chi connectivity index (χ1v) is 7.25. The number of allylic oxidation sites excluding steroid dienone is 1. The summed E-state index contributed by atoms with van der Waals surface area (Å²) in [6.07, 6.45) is -1.99. The van der Waals surface area contributed by atoms with Gasteiger partial charge in [0, 0.05) is 29.6 Å². The quantitative estimate of drug-likeness (QED) is 0.607. The number of carbonyl (C=O) groups is 2. The largest absolute Gasteiger partial charge is 0.497 e. The van der Waals surface area contributed by atoms with Gasteiger partial charge in [0.15, 0.2) is 0 Å². The number of carbonyl (C=O) groups excluding carboxylic acids is 2. The summed E-state index contributed by atoms with van der Waals surface area (Å²) in [6, 6.07) is 8.94. The molecule has 0 unspecified atom stereocenters. The Balaban J connectivity index is 2.20. The van der Waals surface area contributed by atoms with Gasteiger partial charge in [-0.3, -0.25) is 25.4 Å². The van der Waals surface area contributed by atoms with Crippen LogP contribution in [0.1, 0.15) is 15.9 Å². The van der Waals surface area contributed by atoms with Crippen molar-refractivity contribution < 1.29 is 27.5 Å². The highest BCUT2D eigenvalue weighted by molar-refractivity contribution is 6.00. The van der Waals surface area contributed by atoms with Crippen LogP contribution < -0.4 is 15.6 Å². The van der Waals surface area contributed by atoms with Crippen molar-refractivity contribution in [2.45, 2.75) is 6.18 Å². The molecule has 0 fully saturated rings. The zero-order valence-electron chi connectivity index (χ0n) is 13.5. The van der Waals surface area contributed by atoms with Crippen molar-refractivity contribution in [1.29, 1.82) is 0 Å². The van der Waals surface area contributed by atoms with E-state index in [4.69, 9.17) is 4.74 Å². The van der Waals surface area contributed by atoms with Gasteiger partial charge in [-0.05, 0) is 30.3 Å². The number of methoxy groups -OCH3 is 1. The van der Waals surface area contributed by atoms with Crippen LogP contribution in [0.3, 0.4) is 0 Å². The third-order valence-electron chi connectivity index (χ3n) is 3.19. The SMILES string of the molecule is COc1cccc(C(=O)NN/C(=C\C(=O)C(F)(F)F)c2ccncc2)c1. The topological polar surface area (TPSA) is 80.3 Å². The third-order valence-corrected chi connectivity index (χ3v) is 3.19. The molecule has 2 aromatic rings. The Bertz CT molecular complexity index is 821. The minimum atomic E-state index is -5.03. The Morgan fingerprint density at radius 1 is 1.08 bits per heavy atom. The molecule has 0 aliphatic heterocycles. The van der Waals surface area contributed by atoms with E-state index in [2.05, 4.69) is 15.8 Å². The fourth-order valence-electron chi connectivity index (χ4n) is 1.90. The molecule has 0 spiro atoms. The number of nitrogens with one attached hydrogen (secondary N) is 2. The monoisotopic (exact) mass is 365 g/mol. The molecular weight excluding hydrogens is 351 g/mol. The molecule has 0 aliphatic rings. The molecule has 0 radical (unpaired) electrons. The number of benzene rings is 1. The van der Waals surface area contributed by atoms with Gasteiger partial charge in [-0.2, -0.15) is 13.2 Å². The molecule has 6 nitrogen and oxygen atoms in total. The lowest BCUT2D eigenvalue weighted by Crippen LogP contribution is -2.37. The van der Waals surface area contributed by atoms with Crippen molar-refractivity contribution in [1.82, 2.24) is 15.8 Å². The molecule has 0 bridgehead atoms. The maximum absolute atomic E-state index is 12.5. The number of ether oxygens (including phenoxy) is 1. The fraction of sp³-hybridized carbons (Fsp3) is 0.118. The molecule has 26 heavy (non-hydrogen) atoms. The summed E-state index contributed by atoms with van der Waals surface area (Å²) >= 11 is 0. The highest BCUT2D eigenvalue weighted by Gasteiger charge is 2.37. The van der Waals surface area contributed by atoms with Gasteiger partial charge in [-0.15, -0.1) is 0 Å². The van der Waals surface area contributed by atoms with Crippen LogP contribution in [-0.2, 0) is 4.79 Å². The average molecular weight is 365 g/mol. The Hall–Kier alpha value is -3.36.